The van der Waals surface area contributed by atoms with Gasteiger partial charge in [-0.2, -0.15) is 0 Å². The lowest BCUT2D eigenvalue weighted by atomic mass is 9.74. The standard InChI is InChI=1S/C17H28N2O/c1-12(2)14(13-10-8-7-9-11-13)19-15(20)16(3,4)17(5,6)18/h7-12,14H,18H2,1-6H3,(H,19,20). The van der Waals surface area contributed by atoms with Gasteiger partial charge >= 0.3 is 0 Å². The Hall–Kier alpha value is -1.35. The second kappa shape index (κ2) is 5.96. The van der Waals surface area contributed by atoms with Crippen molar-refractivity contribution in [3.63, 3.8) is 0 Å². The summed E-state index contributed by atoms with van der Waals surface area (Å²) in [5, 5.41) is 3.16. The van der Waals surface area contributed by atoms with Crippen LogP contribution in [0.2, 0.25) is 0 Å². The molecule has 0 aliphatic heterocycles. The van der Waals surface area contributed by atoms with Crippen LogP contribution in [0.15, 0.2) is 30.3 Å². The summed E-state index contributed by atoms with van der Waals surface area (Å²) < 4.78 is 0. The smallest absolute Gasteiger partial charge is 0.227 e. The molecule has 1 aromatic rings. The van der Waals surface area contributed by atoms with Gasteiger partial charge in [-0.3, -0.25) is 4.79 Å². The van der Waals surface area contributed by atoms with E-state index in [-0.39, 0.29) is 11.9 Å². The number of amides is 1. The summed E-state index contributed by atoms with van der Waals surface area (Å²) >= 11 is 0. The first-order chi connectivity index (χ1) is 9.07. The van der Waals surface area contributed by atoms with Gasteiger partial charge in [0.25, 0.3) is 0 Å². The fraction of sp³-hybridized carbons (Fsp3) is 0.588. The molecule has 1 amide bonds. The number of carbonyl (C=O) groups excluding carboxylic acids is 1. The van der Waals surface area contributed by atoms with Crippen LogP contribution in [0.1, 0.15) is 53.1 Å². The van der Waals surface area contributed by atoms with E-state index in [2.05, 4.69) is 19.2 Å². The highest BCUT2D eigenvalue weighted by molar-refractivity contribution is 5.83. The number of rotatable bonds is 5. The highest BCUT2D eigenvalue weighted by Gasteiger charge is 2.41. The van der Waals surface area contributed by atoms with E-state index < -0.39 is 11.0 Å². The van der Waals surface area contributed by atoms with Crippen LogP contribution in [0.3, 0.4) is 0 Å². The van der Waals surface area contributed by atoms with Crippen molar-refractivity contribution in [2.24, 2.45) is 17.1 Å². The minimum absolute atomic E-state index is 0.00493. The van der Waals surface area contributed by atoms with Crippen molar-refractivity contribution in [3.8, 4) is 0 Å². The van der Waals surface area contributed by atoms with E-state index >= 15 is 0 Å². The van der Waals surface area contributed by atoms with Gasteiger partial charge in [0, 0.05) is 5.54 Å². The number of nitrogens with two attached hydrogens (primary N) is 1. The molecule has 20 heavy (non-hydrogen) atoms. The monoisotopic (exact) mass is 276 g/mol. The summed E-state index contributed by atoms with van der Waals surface area (Å²) in [6.07, 6.45) is 0. The lowest BCUT2D eigenvalue weighted by molar-refractivity contribution is -0.133. The largest absolute Gasteiger partial charge is 0.349 e. The molecule has 1 unspecified atom stereocenters. The Bertz CT molecular complexity index is 444. The van der Waals surface area contributed by atoms with Crippen LogP contribution >= 0.6 is 0 Å². The molecule has 0 heterocycles. The van der Waals surface area contributed by atoms with E-state index in [9.17, 15) is 4.79 Å². The van der Waals surface area contributed by atoms with Crippen molar-refractivity contribution in [1.29, 1.82) is 0 Å². The molecular weight excluding hydrogens is 248 g/mol. The van der Waals surface area contributed by atoms with Crippen LogP contribution in [-0.4, -0.2) is 11.4 Å². The highest BCUT2D eigenvalue weighted by Crippen LogP contribution is 2.30. The number of nitrogens with one attached hydrogen (secondary N) is 1. The first kappa shape index (κ1) is 16.7. The van der Waals surface area contributed by atoms with Crippen molar-refractivity contribution < 1.29 is 4.79 Å². The van der Waals surface area contributed by atoms with Gasteiger partial charge in [-0.05, 0) is 39.2 Å². The molecule has 1 atom stereocenters. The SMILES string of the molecule is CC(C)C(NC(=O)C(C)(C)C(C)(C)N)c1ccccc1. The average molecular weight is 276 g/mol. The summed E-state index contributed by atoms with van der Waals surface area (Å²) in [4.78, 5) is 12.6. The molecule has 0 bridgehead atoms. The van der Waals surface area contributed by atoms with Crippen LogP contribution in [0.25, 0.3) is 0 Å². The van der Waals surface area contributed by atoms with Crippen LogP contribution in [-0.2, 0) is 4.79 Å². The Balaban J connectivity index is 2.96. The van der Waals surface area contributed by atoms with Crippen LogP contribution in [0, 0.1) is 11.3 Å². The lowest BCUT2D eigenvalue weighted by Gasteiger charge is -2.38. The quantitative estimate of drug-likeness (QED) is 0.867. The molecule has 3 N–H and O–H groups in total. The van der Waals surface area contributed by atoms with E-state index in [0.29, 0.717) is 5.92 Å². The molecule has 0 radical (unpaired) electrons. The number of carbonyl (C=O) groups is 1. The van der Waals surface area contributed by atoms with E-state index in [0.717, 1.165) is 5.56 Å². The molecular formula is C17H28N2O. The molecule has 0 aliphatic rings. The van der Waals surface area contributed by atoms with Gasteiger partial charge in [0.15, 0.2) is 0 Å². The highest BCUT2D eigenvalue weighted by atomic mass is 16.2. The van der Waals surface area contributed by atoms with Gasteiger partial charge in [-0.15, -0.1) is 0 Å². The Kier molecular flexibility index (Phi) is 4.98. The van der Waals surface area contributed by atoms with Crippen molar-refractivity contribution in [2.45, 2.75) is 53.1 Å². The van der Waals surface area contributed by atoms with Crippen LogP contribution < -0.4 is 11.1 Å². The van der Waals surface area contributed by atoms with Gasteiger partial charge in [-0.1, -0.05) is 44.2 Å². The van der Waals surface area contributed by atoms with Crippen molar-refractivity contribution in [2.75, 3.05) is 0 Å². The van der Waals surface area contributed by atoms with Crippen LogP contribution in [0.4, 0.5) is 0 Å². The second-order valence-electron chi connectivity index (χ2n) is 6.95. The number of hydrogen-bond acceptors (Lipinski definition) is 2. The third-order valence-corrected chi connectivity index (χ3v) is 4.29. The average Bonchev–Trinajstić information content (AvgIpc) is 2.34. The normalized spacial score (nSPS) is 14.2. The maximum absolute atomic E-state index is 12.6. The summed E-state index contributed by atoms with van der Waals surface area (Å²) in [5.74, 6) is 0.311. The van der Waals surface area contributed by atoms with Gasteiger partial charge < -0.3 is 11.1 Å². The Morgan fingerprint density at radius 3 is 2.00 bits per heavy atom. The molecule has 0 saturated heterocycles. The van der Waals surface area contributed by atoms with Crippen LogP contribution in [0.5, 0.6) is 0 Å². The molecule has 0 fully saturated rings. The molecule has 0 aliphatic carbocycles. The Morgan fingerprint density at radius 2 is 1.60 bits per heavy atom. The van der Waals surface area contributed by atoms with Gasteiger partial charge in [0.05, 0.1) is 11.5 Å². The Labute approximate surface area is 122 Å². The summed E-state index contributed by atoms with van der Waals surface area (Å²) in [5.41, 5.74) is 6.07. The number of hydrogen-bond donors (Lipinski definition) is 2. The molecule has 3 nitrogen and oxygen atoms in total. The zero-order valence-corrected chi connectivity index (χ0v) is 13.5. The van der Waals surface area contributed by atoms with Gasteiger partial charge in [-0.25, -0.2) is 0 Å². The second-order valence-corrected chi connectivity index (χ2v) is 6.95. The van der Waals surface area contributed by atoms with Gasteiger partial charge in [0.2, 0.25) is 5.91 Å². The topological polar surface area (TPSA) is 55.1 Å². The predicted molar refractivity (Wildman–Crippen MR) is 84.2 cm³/mol. The van der Waals surface area contributed by atoms with Crippen molar-refractivity contribution in [3.05, 3.63) is 35.9 Å². The lowest BCUT2D eigenvalue weighted by Crippen LogP contribution is -2.56. The zero-order chi connectivity index (χ0) is 15.6. The van der Waals surface area contributed by atoms with E-state index in [4.69, 9.17) is 5.73 Å². The summed E-state index contributed by atoms with van der Waals surface area (Å²) in [6, 6.07) is 10.1. The van der Waals surface area contributed by atoms with Gasteiger partial charge in [0.1, 0.15) is 0 Å². The Morgan fingerprint density at radius 1 is 1.10 bits per heavy atom. The molecule has 3 heteroatoms. The fourth-order valence-electron chi connectivity index (χ4n) is 1.91. The molecule has 1 aromatic carbocycles. The molecule has 1 rings (SSSR count). The zero-order valence-electron chi connectivity index (χ0n) is 13.5. The molecule has 0 saturated carbocycles. The maximum atomic E-state index is 12.6. The fourth-order valence-corrected chi connectivity index (χ4v) is 1.91. The van der Waals surface area contributed by atoms with E-state index in [1.807, 2.05) is 58.0 Å². The minimum atomic E-state index is -0.630. The predicted octanol–water partition coefficient (Wildman–Crippen LogP) is 3.26. The first-order valence-electron chi connectivity index (χ1n) is 7.22. The van der Waals surface area contributed by atoms with E-state index in [1.54, 1.807) is 0 Å². The summed E-state index contributed by atoms with van der Waals surface area (Å²) in [6.45, 7) is 11.8. The molecule has 0 spiro atoms. The minimum Gasteiger partial charge on any atom is -0.349 e. The molecule has 112 valence electrons. The maximum Gasteiger partial charge on any atom is 0.227 e. The third-order valence-electron chi connectivity index (χ3n) is 4.29. The van der Waals surface area contributed by atoms with Crippen molar-refractivity contribution >= 4 is 5.91 Å². The van der Waals surface area contributed by atoms with Crippen molar-refractivity contribution in [1.82, 2.24) is 5.32 Å². The van der Waals surface area contributed by atoms with E-state index in [1.165, 1.54) is 0 Å². The summed E-state index contributed by atoms with van der Waals surface area (Å²) in [7, 11) is 0. The first-order valence-corrected chi connectivity index (χ1v) is 7.22. The number of benzene rings is 1. The molecule has 0 aromatic heterocycles. The third kappa shape index (κ3) is 3.60.